The van der Waals surface area contributed by atoms with Crippen molar-refractivity contribution in [1.29, 1.82) is 5.26 Å². The van der Waals surface area contributed by atoms with E-state index in [1.165, 1.54) is 16.8 Å². The van der Waals surface area contributed by atoms with Crippen molar-refractivity contribution in [2.24, 2.45) is 0 Å². The Bertz CT molecular complexity index is 1780. The molecule has 4 aromatic rings. The molecule has 2 aromatic heterocycles. The first-order valence-corrected chi connectivity index (χ1v) is 14.8. The molecule has 1 aliphatic rings. The number of ether oxygens (including phenoxy) is 1. The molecule has 1 fully saturated rings. The lowest BCUT2D eigenvalue weighted by Crippen LogP contribution is -2.51. The first-order chi connectivity index (χ1) is 21.2. The van der Waals surface area contributed by atoms with E-state index < -0.39 is 23.1 Å². The summed E-state index contributed by atoms with van der Waals surface area (Å²) in [6.45, 7) is 9.83. The van der Waals surface area contributed by atoms with Gasteiger partial charge >= 0.3 is 6.09 Å². The molecular weight excluding hydrogens is 579 g/mol. The van der Waals surface area contributed by atoms with E-state index in [-0.39, 0.29) is 30.6 Å². The van der Waals surface area contributed by atoms with Crippen LogP contribution in [0.2, 0.25) is 0 Å². The van der Waals surface area contributed by atoms with E-state index in [0.29, 0.717) is 35.4 Å². The average molecular weight is 617 g/mol. The van der Waals surface area contributed by atoms with Gasteiger partial charge in [-0.25, -0.2) is 13.9 Å². The number of carbonyl (C=O) groups excluding carboxylic acids is 2. The molecule has 13 heteroatoms. The fourth-order valence-corrected chi connectivity index (χ4v) is 5.34. The zero-order chi connectivity index (χ0) is 32.5. The van der Waals surface area contributed by atoms with Gasteiger partial charge in [0.05, 0.1) is 23.2 Å². The Balaban J connectivity index is 1.42. The van der Waals surface area contributed by atoms with Gasteiger partial charge in [-0.15, -0.1) is 5.10 Å². The number of aromatic nitrogens is 5. The van der Waals surface area contributed by atoms with Crippen LogP contribution in [0.5, 0.6) is 0 Å². The first-order valence-electron chi connectivity index (χ1n) is 14.8. The molecule has 2 N–H and O–H groups in total. The number of aliphatic hydroxyl groups is 1. The van der Waals surface area contributed by atoms with Crippen LogP contribution in [0, 0.1) is 17.1 Å². The van der Waals surface area contributed by atoms with Crippen LogP contribution in [-0.2, 0) is 22.6 Å². The molecule has 5 rings (SSSR count). The molecule has 1 saturated heterocycles. The number of nitrogens with zero attached hydrogens (tertiary/aromatic N) is 7. The van der Waals surface area contributed by atoms with Crippen LogP contribution in [0.3, 0.4) is 0 Å². The standard InChI is InChI=1S/C32H37FN8O4/c1-31(2,3)45-30(43)35-23-7-6-12-39(16-23)28(42)18-40-17-24(29(37-40)21-8-9-22(15-34)25(33)13-21)20-10-11-27-26(14-20)36-38-41(27)19-32(4,5)44/h8-11,13-14,17,23,44H,6-7,12,16,18-19H2,1-5H3,(H,35,43)/t23-/m1/s1. The zero-order valence-electron chi connectivity index (χ0n) is 26.0. The number of fused-ring (bicyclic) bond motifs is 1. The Morgan fingerprint density at radius 1 is 1.16 bits per heavy atom. The molecule has 12 nitrogen and oxygen atoms in total. The van der Waals surface area contributed by atoms with Crippen molar-refractivity contribution in [3.63, 3.8) is 0 Å². The predicted molar refractivity (Wildman–Crippen MR) is 164 cm³/mol. The second kappa shape index (κ2) is 12.3. The highest BCUT2D eigenvalue weighted by Gasteiger charge is 2.27. The number of hydrogen-bond acceptors (Lipinski definition) is 8. The molecule has 1 aliphatic heterocycles. The van der Waals surface area contributed by atoms with Gasteiger partial charge < -0.3 is 20.1 Å². The van der Waals surface area contributed by atoms with Gasteiger partial charge in [-0.3, -0.25) is 9.48 Å². The Kier molecular flexibility index (Phi) is 8.62. The number of likely N-dealkylation sites (tertiary alicyclic amines) is 1. The second-order valence-electron chi connectivity index (χ2n) is 13.0. The lowest BCUT2D eigenvalue weighted by Gasteiger charge is -2.33. The predicted octanol–water partition coefficient (Wildman–Crippen LogP) is 4.26. The quantitative estimate of drug-likeness (QED) is 0.313. The molecule has 2 amide bonds. The molecule has 0 radical (unpaired) electrons. The maximum atomic E-state index is 14.7. The van der Waals surface area contributed by atoms with Gasteiger partial charge in [0.25, 0.3) is 0 Å². The maximum absolute atomic E-state index is 14.7. The maximum Gasteiger partial charge on any atom is 0.407 e. The van der Waals surface area contributed by atoms with Gasteiger partial charge in [-0.2, -0.15) is 10.4 Å². The molecule has 3 heterocycles. The van der Waals surface area contributed by atoms with Gasteiger partial charge in [-0.05, 0) is 77.3 Å². The fraction of sp³-hybridized carbons (Fsp3) is 0.438. The second-order valence-corrected chi connectivity index (χ2v) is 13.0. The van der Waals surface area contributed by atoms with Gasteiger partial charge in [0.1, 0.15) is 35.2 Å². The summed E-state index contributed by atoms with van der Waals surface area (Å²) in [7, 11) is 0. The number of carbonyl (C=O) groups is 2. The highest BCUT2D eigenvalue weighted by molar-refractivity contribution is 5.87. The number of alkyl carbamates (subject to hydrolysis) is 1. The van der Waals surface area contributed by atoms with Crippen LogP contribution < -0.4 is 5.32 Å². The first kappa shape index (κ1) is 31.6. The van der Waals surface area contributed by atoms with Crippen molar-refractivity contribution in [2.45, 2.75) is 77.8 Å². The Labute approximate surface area is 260 Å². The summed E-state index contributed by atoms with van der Waals surface area (Å²) in [6.07, 6.45) is 2.66. The lowest BCUT2D eigenvalue weighted by molar-refractivity contribution is -0.133. The highest BCUT2D eigenvalue weighted by Crippen LogP contribution is 2.33. The average Bonchev–Trinajstić information content (AvgIpc) is 3.55. The van der Waals surface area contributed by atoms with E-state index in [1.807, 2.05) is 24.3 Å². The topological polar surface area (TPSA) is 151 Å². The Hall–Kier alpha value is -4.83. The summed E-state index contributed by atoms with van der Waals surface area (Å²) >= 11 is 0. The molecule has 0 bridgehead atoms. The van der Waals surface area contributed by atoms with Gasteiger partial charge in [0.15, 0.2) is 0 Å². The largest absolute Gasteiger partial charge is 0.444 e. The summed E-state index contributed by atoms with van der Waals surface area (Å²) < 4.78 is 23.2. The molecule has 2 aromatic carbocycles. The van der Waals surface area contributed by atoms with E-state index in [1.54, 1.807) is 56.5 Å². The Morgan fingerprint density at radius 2 is 1.91 bits per heavy atom. The summed E-state index contributed by atoms with van der Waals surface area (Å²) in [5, 5.41) is 35.5. The lowest BCUT2D eigenvalue weighted by atomic mass is 10.0. The molecule has 0 aliphatic carbocycles. The monoisotopic (exact) mass is 616 g/mol. The molecular formula is C32H37FN8O4. The third-order valence-corrected chi connectivity index (χ3v) is 7.28. The van der Waals surface area contributed by atoms with E-state index >= 15 is 0 Å². The van der Waals surface area contributed by atoms with Crippen LogP contribution in [0.4, 0.5) is 9.18 Å². The van der Waals surface area contributed by atoms with Crippen LogP contribution in [0.25, 0.3) is 33.4 Å². The number of piperidine rings is 1. The number of hydrogen-bond donors (Lipinski definition) is 2. The van der Waals surface area contributed by atoms with Crippen molar-refractivity contribution in [2.75, 3.05) is 13.1 Å². The summed E-state index contributed by atoms with van der Waals surface area (Å²) in [6, 6.07) is 11.4. The zero-order valence-corrected chi connectivity index (χ0v) is 26.0. The minimum absolute atomic E-state index is 0.0745. The van der Waals surface area contributed by atoms with E-state index in [0.717, 1.165) is 23.9 Å². The Morgan fingerprint density at radius 3 is 2.60 bits per heavy atom. The number of nitrogens with one attached hydrogen (secondary N) is 1. The molecule has 1 atom stereocenters. The van der Waals surface area contributed by atoms with Crippen LogP contribution in [0.15, 0.2) is 42.6 Å². The number of halogens is 1. The number of benzene rings is 2. The van der Waals surface area contributed by atoms with Crippen molar-refractivity contribution in [3.8, 4) is 28.5 Å². The van der Waals surface area contributed by atoms with E-state index in [4.69, 9.17) is 4.74 Å². The van der Waals surface area contributed by atoms with E-state index in [2.05, 4.69) is 20.7 Å². The molecule has 0 unspecified atom stereocenters. The number of rotatable bonds is 7. The summed E-state index contributed by atoms with van der Waals surface area (Å²) in [5.41, 5.74) is 1.85. The van der Waals surface area contributed by atoms with Crippen molar-refractivity contribution in [3.05, 3.63) is 54.0 Å². The molecule has 236 valence electrons. The van der Waals surface area contributed by atoms with E-state index in [9.17, 15) is 24.3 Å². The van der Waals surface area contributed by atoms with Crippen molar-refractivity contribution >= 4 is 23.0 Å². The fourth-order valence-electron chi connectivity index (χ4n) is 5.34. The van der Waals surface area contributed by atoms with Crippen LogP contribution >= 0.6 is 0 Å². The van der Waals surface area contributed by atoms with Crippen molar-refractivity contribution in [1.82, 2.24) is 35.0 Å². The third-order valence-electron chi connectivity index (χ3n) is 7.28. The van der Waals surface area contributed by atoms with Gasteiger partial charge in [0, 0.05) is 36.5 Å². The smallest absolute Gasteiger partial charge is 0.407 e. The minimum atomic E-state index is -0.986. The minimum Gasteiger partial charge on any atom is -0.444 e. The van der Waals surface area contributed by atoms with Gasteiger partial charge in [0.2, 0.25) is 5.91 Å². The highest BCUT2D eigenvalue weighted by atomic mass is 19.1. The molecule has 45 heavy (non-hydrogen) atoms. The normalized spacial score (nSPS) is 15.6. The van der Waals surface area contributed by atoms with Gasteiger partial charge in [-0.1, -0.05) is 17.3 Å². The summed E-state index contributed by atoms with van der Waals surface area (Å²) in [4.78, 5) is 27.4. The van der Waals surface area contributed by atoms with Crippen molar-refractivity contribution < 1.29 is 23.8 Å². The van der Waals surface area contributed by atoms with Crippen LogP contribution in [0.1, 0.15) is 53.0 Å². The number of nitriles is 1. The summed E-state index contributed by atoms with van der Waals surface area (Å²) in [5.74, 6) is -0.851. The molecule has 0 saturated carbocycles. The number of amides is 2. The molecule has 0 spiro atoms. The van der Waals surface area contributed by atoms with Crippen LogP contribution in [-0.4, -0.2) is 77.1 Å². The third kappa shape index (κ3) is 7.64. The SMILES string of the molecule is CC(C)(O)Cn1nnc2cc(-c3cn(CC(=O)N4CCC[C@@H](NC(=O)OC(C)(C)C)C4)nc3-c3ccc(C#N)c(F)c3)ccc21.